The molecule has 6 heteroatoms. The van der Waals surface area contributed by atoms with Crippen LogP contribution in [0.25, 0.3) is 21.0 Å². The molecule has 1 fully saturated rings. The minimum absolute atomic E-state index is 0.176. The van der Waals surface area contributed by atoms with Gasteiger partial charge in [0.2, 0.25) is 0 Å². The van der Waals surface area contributed by atoms with Gasteiger partial charge in [-0.25, -0.2) is 4.98 Å². The molecule has 1 aliphatic rings. The van der Waals surface area contributed by atoms with Gasteiger partial charge in [-0.2, -0.15) is 0 Å². The highest BCUT2D eigenvalue weighted by Crippen LogP contribution is 2.33. The number of benzene rings is 2. The Balaban J connectivity index is 1.39. The molecule has 1 aliphatic heterocycles. The molecule has 3 N–H and O–H groups in total. The maximum absolute atomic E-state index is 7.49. The first-order valence-electron chi connectivity index (χ1n) is 9.86. The van der Waals surface area contributed by atoms with Gasteiger partial charge in [0, 0.05) is 37.3 Å². The molecular weight excluding hydrogens is 380 g/mol. The van der Waals surface area contributed by atoms with Gasteiger partial charge in [0.05, 0.1) is 16.8 Å². The molecule has 5 nitrogen and oxygen atoms in total. The van der Waals surface area contributed by atoms with Crippen molar-refractivity contribution in [2.75, 3.05) is 13.1 Å². The summed E-state index contributed by atoms with van der Waals surface area (Å²) in [5.74, 6) is 1.42. The smallest absolute Gasteiger partial charge is 0.123 e. The third kappa shape index (κ3) is 4.66. The molecule has 2 heterocycles. The van der Waals surface area contributed by atoms with Crippen LogP contribution in [-0.2, 0) is 6.54 Å². The molecule has 2 aromatic carbocycles. The van der Waals surface area contributed by atoms with E-state index in [1.165, 1.54) is 5.56 Å². The molecule has 0 saturated carbocycles. The van der Waals surface area contributed by atoms with E-state index in [1.807, 2.05) is 32.2 Å². The average molecular weight is 407 g/mol. The van der Waals surface area contributed by atoms with E-state index in [2.05, 4.69) is 46.3 Å². The first-order chi connectivity index (χ1) is 14.0. The second-order valence-corrected chi connectivity index (χ2v) is 8.79. The molecule has 0 spiro atoms. The maximum atomic E-state index is 7.49. The summed E-state index contributed by atoms with van der Waals surface area (Å²) in [4.78, 5) is 8.08. The van der Waals surface area contributed by atoms with Crippen molar-refractivity contribution >= 4 is 17.2 Å². The van der Waals surface area contributed by atoms with E-state index in [9.17, 15) is 0 Å². The maximum Gasteiger partial charge on any atom is 0.123 e. The Hall–Kier alpha value is -2.70. The Bertz CT molecular complexity index is 973. The number of hydrogen-bond acceptors (Lipinski definition) is 5. The summed E-state index contributed by atoms with van der Waals surface area (Å²) in [5.41, 5.74) is 9.11. The van der Waals surface area contributed by atoms with Crippen molar-refractivity contribution < 1.29 is 4.74 Å². The van der Waals surface area contributed by atoms with Crippen LogP contribution in [0.1, 0.15) is 19.4 Å². The van der Waals surface area contributed by atoms with E-state index in [0.717, 1.165) is 46.4 Å². The number of nitrogens with zero attached hydrogens (tertiary/aromatic N) is 2. The largest absolute Gasteiger partial charge is 0.491 e. The number of likely N-dealkylation sites (tertiary alicyclic amines) is 1. The van der Waals surface area contributed by atoms with Gasteiger partial charge in [0.15, 0.2) is 0 Å². The minimum Gasteiger partial charge on any atom is -0.491 e. The van der Waals surface area contributed by atoms with Crippen LogP contribution in [-0.4, -0.2) is 34.9 Å². The van der Waals surface area contributed by atoms with Crippen LogP contribution in [0.4, 0.5) is 0 Å². The van der Waals surface area contributed by atoms with E-state index in [1.54, 1.807) is 11.3 Å². The molecule has 0 amide bonds. The van der Waals surface area contributed by atoms with Gasteiger partial charge in [-0.15, -0.1) is 11.3 Å². The predicted octanol–water partition coefficient (Wildman–Crippen LogP) is 4.63. The van der Waals surface area contributed by atoms with Gasteiger partial charge < -0.3 is 10.5 Å². The molecule has 1 saturated heterocycles. The number of hydrogen-bond donors (Lipinski definition) is 2. The lowest BCUT2D eigenvalue weighted by Gasteiger charge is -2.38. The van der Waals surface area contributed by atoms with Gasteiger partial charge in [0.25, 0.3) is 0 Å². The van der Waals surface area contributed by atoms with Gasteiger partial charge in [-0.1, -0.05) is 24.3 Å². The number of ether oxygens (including phenoxy) is 1. The summed E-state index contributed by atoms with van der Waals surface area (Å²) in [6, 6.07) is 16.8. The lowest BCUT2D eigenvalue weighted by molar-refractivity contribution is 0.132. The Morgan fingerprint density at radius 3 is 2.41 bits per heavy atom. The first kappa shape index (κ1) is 19.6. The molecule has 0 radical (unpaired) electrons. The van der Waals surface area contributed by atoms with E-state index in [-0.39, 0.29) is 12.0 Å². The average Bonchev–Trinajstić information content (AvgIpc) is 3.15. The number of aromatic nitrogens is 1. The second-order valence-electron chi connectivity index (χ2n) is 7.76. The summed E-state index contributed by atoms with van der Waals surface area (Å²) >= 11 is 1.70. The van der Waals surface area contributed by atoms with Gasteiger partial charge in [0.1, 0.15) is 10.8 Å². The number of rotatable bonds is 7. The molecule has 3 aromatic rings. The van der Waals surface area contributed by atoms with Crippen LogP contribution < -0.4 is 10.5 Å². The number of thiazole rings is 1. The zero-order valence-electron chi connectivity index (χ0n) is 16.8. The second kappa shape index (κ2) is 8.35. The monoisotopic (exact) mass is 406 g/mol. The Labute approximate surface area is 175 Å². The van der Waals surface area contributed by atoms with Crippen molar-refractivity contribution in [1.29, 1.82) is 5.41 Å². The van der Waals surface area contributed by atoms with Crippen LogP contribution in [0.5, 0.6) is 5.75 Å². The van der Waals surface area contributed by atoms with Crippen LogP contribution in [0.2, 0.25) is 0 Å². The zero-order valence-corrected chi connectivity index (χ0v) is 17.6. The van der Waals surface area contributed by atoms with Gasteiger partial charge in [-0.05, 0) is 49.2 Å². The highest BCUT2D eigenvalue weighted by Gasteiger charge is 2.28. The Kier molecular flexibility index (Phi) is 5.65. The molecule has 29 heavy (non-hydrogen) atoms. The summed E-state index contributed by atoms with van der Waals surface area (Å²) < 4.78 is 5.72. The highest BCUT2D eigenvalue weighted by molar-refractivity contribution is 7.18. The van der Waals surface area contributed by atoms with Crippen molar-refractivity contribution in [2.24, 2.45) is 11.7 Å². The number of nitrogens with one attached hydrogen (secondary N) is 1. The summed E-state index contributed by atoms with van der Waals surface area (Å²) in [6.07, 6.45) is 2.12. The molecule has 0 aliphatic carbocycles. The molecule has 1 aromatic heterocycles. The third-order valence-corrected chi connectivity index (χ3v) is 6.12. The van der Waals surface area contributed by atoms with Crippen molar-refractivity contribution in [2.45, 2.75) is 26.5 Å². The fourth-order valence-corrected chi connectivity index (χ4v) is 4.34. The van der Waals surface area contributed by atoms with E-state index < -0.39 is 0 Å². The Morgan fingerprint density at radius 2 is 1.79 bits per heavy atom. The first-order valence-corrected chi connectivity index (χ1v) is 10.7. The van der Waals surface area contributed by atoms with Crippen LogP contribution in [0.3, 0.4) is 0 Å². The SMILES string of the molecule is CC(C)Oc1ccc(-c2cnc(-c3ccc(CN4CC(C(=N)N)C4)cc3)s2)cc1. The predicted molar refractivity (Wildman–Crippen MR) is 119 cm³/mol. The Morgan fingerprint density at radius 1 is 1.14 bits per heavy atom. The standard InChI is InChI=1S/C23H26N4OS/c1-15(2)28-20-9-7-17(8-10-20)21-11-26-23(29-21)18-5-3-16(4-6-18)12-27-13-19(14-27)22(24)25/h3-11,15,19H,12-14H2,1-2H3,(H3,24,25). The zero-order chi connectivity index (χ0) is 20.4. The van der Waals surface area contributed by atoms with Crippen LogP contribution in [0, 0.1) is 11.3 Å². The van der Waals surface area contributed by atoms with Gasteiger partial charge >= 0.3 is 0 Å². The lowest BCUT2D eigenvalue weighted by atomic mass is 9.98. The van der Waals surface area contributed by atoms with E-state index >= 15 is 0 Å². The quantitative estimate of drug-likeness (QED) is 0.443. The lowest BCUT2D eigenvalue weighted by Crippen LogP contribution is -2.51. The summed E-state index contributed by atoms with van der Waals surface area (Å²) in [5, 5.41) is 8.51. The summed E-state index contributed by atoms with van der Waals surface area (Å²) in [7, 11) is 0. The van der Waals surface area contributed by atoms with Crippen LogP contribution >= 0.6 is 11.3 Å². The fourth-order valence-electron chi connectivity index (χ4n) is 3.42. The molecule has 0 unspecified atom stereocenters. The van der Waals surface area contributed by atoms with Crippen LogP contribution in [0.15, 0.2) is 54.7 Å². The highest BCUT2D eigenvalue weighted by atomic mass is 32.1. The topological polar surface area (TPSA) is 75.2 Å². The van der Waals surface area contributed by atoms with Gasteiger partial charge in [-0.3, -0.25) is 10.3 Å². The van der Waals surface area contributed by atoms with Crippen molar-refractivity contribution in [3.63, 3.8) is 0 Å². The van der Waals surface area contributed by atoms with Crippen molar-refractivity contribution in [3.05, 3.63) is 60.3 Å². The van der Waals surface area contributed by atoms with Crippen molar-refractivity contribution in [1.82, 2.24) is 9.88 Å². The fraction of sp³-hybridized carbons (Fsp3) is 0.304. The molecular formula is C23H26N4OS. The molecule has 0 bridgehead atoms. The normalized spacial score (nSPS) is 14.7. The summed E-state index contributed by atoms with van der Waals surface area (Å²) in [6.45, 7) is 6.72. The molecule has 150 valence electrons. The molecule has 4 rings (SSSR count). The van der Waals surface area contributed by atoms with E-state index in [0.29, 0.717) is 5.84 Å². The van der Waals surface area contributed by atoms with Crippen molar-refractivity contribution in [3.8, 4) is 26.8 Å². The minimum atomic E-state index is 0.176. The third-order valence-electron chi connectivity index (χ3n) is 5.02. The van der Waals surface area contributed by atoms with E-state index in [4.69, 9.17) is 15.9 Å². The number of amidine groups is 1. The molecule has 0 atom stereocenters. The number of nitrogens with two attached hydrogens (primary N) is 1.